The predicted octanol–water partition coefficient (Wildman–Crippen LogP) is 3.21. The molecule has 3 heteroatoms. The molecule has 2 nitrogen and oxygen atoms in total. The van der Waals surface area contributed by atoms with Gasteiger partial charge in [-0.25, -0.2) is 0 Å². The average Bonchev–Trinajstić information content (AvgIpc) is 2.29. The van der Waals surface area contributed by atoms with Crippen LogP contribution in [0.5, 0.6) is 0 Å². The van der Waals surface area contributed by atoms with E-state index in [9.17, 15) is 4.79 Å². The molecule has 0 radical (unpaired) electrons. The number of carbonyl (C=O) groups is 1. The molecule has 0 saturated carbocycles. The molecule has 2 aromatic rings. The van der Waals surface area contributed by atoms with Crippen LogP contribution >= 0.6 is 11.6 Å². The molecule has 0 unspecified atom stereocenters. The van der Waals surface area contributed by atoms with Crippen LogP contribution in [-0.2, 0) is 0 Å². The van der Waals surface area contributed by atoms with Gasteiger partial charge in [-0.2, -0.15) is 0 Å². The van der Waals surface area contributed by atoms with Crippen LogP contribution in [0.15, 0.2) is 42.6 Å². The van der Waals surface area contributed by atoms with Gasteiger partial charge >= 0.3 is 0 Å². The van der Waals surface area contributed by atoms with E-state index < -0.39 is 0 Å². The fourth-order valence-electron chi connectivity index (χ4n) is 1.41. The maximum Gasteiger partial charge on any atom is 0.169 e. The number of nitrogens with zero attached hydrogens (tertiary/aromatic N) is 1. The van der Waals surface area contributed by atoms with Crippen molar-refractivity contribution in [2.75, 3.05) is 0 Å². The van der Waals surface area contributed by atoms with E-state index in [1.807, 2.05) is 24.3 Å². The van der Waals surface area contributed by atoms with Crippen LogP contribution in [0.3, 0.4) is 0 Å². The van der Waals surface area contributed by atoms with E-state index in [0.717, 1.165) is 17.4 Å². The molecule has 0 atom stereocenters. The Kier molecular flexibility index (Phi) is 2.79. The first kappa shape index (κ1) is 9.87. The summed E-state index contributed by atoms with van der Waals surface area (Å²) >= 11 is 5.88. The third-order valence-electron chi connectivity index (χ3n) is 2.09. The van der Waals surface area contributed by atoms with Crippen molar-refractivity contribution >= 4 is 17.9 Å². The highest BCUT2D eigenvalue weighted by molar-refractivity contribution is 6.30. The molecular weight excluding hydrogens is 210 g/mol. The van der Waals surface area contributed by atoms with Crippen molar-refractivity contribution in [3.63, 3.8) is 0 Å². The fraction of sp³-hybridized carbons (Fsp3) is 0. The first-order valence-corrected chi connectivity index (χ1v) is 4.85. The molecule has 1 heterocycles. The Morgan fingerprint density at radius 3 is 2.80 bits per heavy atom. The Morgan fingerprint density at radius 1 is 1.20 bits per heavy atom. The normalized spacial score (nSPS) is 9.93. The van der Waals surface area contributed by atoms with Gasteiger partial charge in [0, 0.05) is 16.8 Å². The van der Waals surface area contributed by atoms with Gasteiger partial charge in [0.25, 0.3) is 0 Å². The third-order valence-corrected chi connectivity index (χ3v) is 2.32. The fourth-order valence-corrected chi connectivity index (χ4v) is 1.60. The summed E-state index contributed by atoms with van der Waals surface area (Å²) in [6.07, 6.45) is 2.34. The lowest BCUT2D eigenvalue weighted by Crippen LogP contribution is -1.90. The molecule has 0 spiro atoms. The number of aldehydes is 1. The minimum atomic E-state index is 0.430. The molecule has 0 amide bonds. The summed E-state index contributed by atoms with van der Waals surface area (Å²) in [6.45, 7) is 0. The summed E-state index contributed by atoms with van der Waals surface area (Å²) in [5.74, 6) is 0. The molecule has 15 heavy (non-hydrogen) atoms. The zero-order chi connectivity index (χ0) is 10.7. The van der Waals surface area contributed by atoms with Crippen molar-refractivity contribution < 1.29 is 4.79 Å². The van der Waals surface area contributed by atoms with Gasteiger partial charge in [0.1, 0.15) is 5.69 Å². The summed E-state index contributed by atoms with van der Waals surface area (Å²) in [4.78, 5) is 14.8. The summed E-state index contributed by atoms with van der Waals surface area (Å²) in [5, 5.41) is 0.646. The number of rotatable bonds is 2. The highest BCUT2D eigenvalue weighted by atomic mass is 35.5. The van der Waals surface area contributed by atoms with Gasteiger partial charge in [0.15, 0.2) is 6.29 Å². The van der Waals surface area contributed by atoms with Crippen LogP contribution < -0.4 is 0 Å². The first-order chi connectivity index (χ1) is 7.31. The number of hydrogen-bond acceptors (Lipinski definition) is 2. The Balaban J connectivity index is 2.58. The number of pyridine rings is 1. The second-order valence-electron chi connectivity index (χ2n) is 3.06. The van der Waals surface area contributed by atoms with E-state index in [0.29, 0.717) is 10.7 Å². The van der Waals surface area contributed by atoms with Crippen LogP contribution in [0.25, 0.3) is 11.1 Å². The van der Waals surface area contributed by atoms with Crippen molar-refractivity contribution in [1.29, 1.82) is 0 Å². The lowest BCUT2D eigenvalue weighted by Gasteiger charge is -2.03. The molecule has 0 saturated heterocycles. The Morgan fingerprint density at radius 2 is 2.07 bits per heavy atom. The smallest absolute Gasteiger partial charge is 0.169 e. The summed E-state index contributed by atoms with van der Waals surface area (Å²) in [5.41, 5.74) is 2.13. The average molecular weight is 218 g/mol. The molecule has 1 aromatic carbocycles. The standard InChI is InChI=1S/C12H8ClNO/c13-10-4-1-3-9(7-10)11-5-2-6-14-12(11)8-15/h1-8H. The molecule has 0 bridgehead atoms. The SMILES string of the molecule is O=Cc1ncccc1-c1cccc(Cl)c1. The molecule has 0 fully saturated rings. The minimum absolute atomic E-state index is 0.430. The largest absolute Gasteiger partial charge is 0.296 e. The van der Waals surface area contributed by atoms with Crippen LogP contribution in [-0.4, -0.2) is 11.3 Å². The van der Waals surface area contributed by atoms with Crippen LogP contribution in [0, 0.1) is 0 Å². The number of halogens is 1. The molecule has 0 N–H and O–H groups in total. The number of benzene rings is 1. The summed E-state index contributed by atoms with van der Waals surface area (Å²) < 4.78 is 0. The van der Waals surface area contributed by atoms with Crippen LogP contribution in [0.1, 0.15) is 10.5 Å². The quantitative estimate of drug-likeness (QED) is 0.723. The molecule has 2 rings (SSSR count). The van der Waals surface area contributed by atoms with Gasteiger partial charge in [-0.3, -0.25) is 9.78 Å². The van der Waals surface area contributed by atoms with E-state index in [-0.39, 0.29) is 0 Å². The second-order valence-corrected chi connectivity index (χ2v) is 3.50. The molecule has 74 valence electrons. The lowest BCUT2D eigenvalue weighted by molar-refractivity contribution is 0.111. The van der Waals surface area contributed by atoms with E-state index in [1.165, 1.54) is 0 Å². The molecule has 0 aliphatic rings. The predicted molar refractivity (Wildman–Crippen MR) is 60.1 cm³/mol. The molecular formula is C12H8ClNO. The van der Waals surface area contributed by atoms with Gasteiger partial charge in [-0.1, -0.05) is 29.8 Å². The second kappa shape index (κ2) is 4.24. The molecule has 1 aromatic heterocycles. The number of carbonyl (C=O) groups excluding carboxylic acids is 1. The van der Waals surface area contributed by atoms with Gasteiger partial charge in [-0.05, 0) is 23.8 Å². The maximum absolute atomic E-state index is 10.8. The van der Waals surface area contributed by atoms with Crippen molar-refractivity contribution in [2.45, 2.75) is 0 Å². The van der Waals surface area contributed by atoms with Crippen molar-refractivity contribution in [1.82, 2.24) is 4.98 Å². The van der Waals surface area contributed by atoms with E-state index in [2.05, 4.69) is 4.98 Å². The van der Waals surface area contributed by atoms with Gasteiger partial charge in [-0.15, -0.1) is 0 Å². The Bertz CT molecular complexity index is 496. The Labute approximate surface area is 92.5 Å². The lowest BCUT2D eigenvalue weighted by atomic mass is 10.0. The van der Waals surface area contributed by atoms with Crippen molar-refractivity contribution in [3.8, 4) is 11.1 Å². The van der Waals surface area contributed by atoms with E-state index >= 15 is 0 Å². The minimum Gasteiger partial charge on any atom is -0.296 e. The zero-order valence-corrected chi connectivity index (χ0v) is 8.61. The van der Waals surface area contributed by atoms with Gasteiger partial charge < -0.3 is 0 Å². The first-order valence-electron chi connectivity index (χ1n) is 4.47. The van der Waals surface area contributed by atoms with Crippen LogP contribution in [0.4, 0.5) is 0 Å². The number of aromatic nitrogens is 1. The van der Waals surface area contributed by atoms with E-state index in [1.54, 1.807) is 18.3 Å². The maximum atomic E-state index is 10.8. The summed E-state index contributed by atoms with van der Waals surface area (Å²) in [7, 11) is 0. The number of hydrogen-bond donors (Lipinski definition) is 0. The molecule has 0 aliphatic heterocycles. The Hall–Kier alpha value is -1.67. The summed E-state index contributed by atoms with van der Waals surface area (Å²) in [6, 6.07) is 11.0. The highest BCUT2D eigenvalue weighted by Crippen LogP contribution is 2.23. The zero-order valence-electron chi connectivity index (χ0n) is 7.85. The van der Waals surface area contributed by atoms with Gasteiger partial charge in [0.2, 0.25) is 0 Å². The van der Waals surface area contributed by atoms with E-state index in [4.69, 9.17) is 11.6 Å². The van der Waals surface area contributed by atoms with Crippen molar-refractivity contribution in [3.05, 3.63) is 53.3 Å². The van der Waals surface area contributed by atoms with Crippen LogP contribution in [0.2, 0.25) is 5.02 Å². The third kappa shape index (κ3) is 2.05. The van der Waals surface area contributed by atoms with Crippen molar-refractivity contribution in [2.24, 2.45) is 0 Å². The molecule has 0 aliphatic carbocycles. The highest BCUT2D eigenvalue weighted by Gasteiger charge is 2.04. The topological polar surface area (TPSA) is 30.0 Å². The van der Waals surface area contributed by atoms with Gasteiger partial charge in [0.05, 0.1) is 0 Å². The monoisotopic (exact) mass is 217 g/mol.